The van der Waals surface area contributed by atoms with Gasteiger partial charge in [-0.2, -0.15) is 0 Å². The van der Waals surface area contributed by atoms with Crippen LogP contribution in [0.15, 0.2) is 18.2 Å². The number of carbonyl (C=O) groups excluding carboxylic acids is 2. The van der Waals surface area contributed by atoms with Crippen LogP contribution in [-0.4, -0.2) is 24.5 Å². The van der Waals surface area contributed by atoms with Crippen LogP contribution < -0.4 is 15.7 Å². The molecule has 1 atom stereocenters. The van der Waals surface area contributed by atoms with Gasteiger partial charge in [-0.25, -0.2) is 8.78 Å². The summed E-state index contributed by atoms with van der Waals surface area (Å²) in [5, 5.41) is 14.7. The second kappa shape index (κ2) is 7.68. The molecule has 1 aromatic carbocycles. The van der Waals surface area contributed by atoms with Crippen molar-refractivity contribution in [2.24, 2.45) is 5.92 Å². The Morgan fingerprint density at radius 3 is 2.52 bits per heavy atom. The molecule has 0 saturated carbocycles. The molecule has 0 aliphatic rings. The molecule has 0 unspecified atom stereocenters. The van der Waals surface area contributed by atoms with Gasteiger partial charge in [-0.05, 0) is 12.1 Å². The first-order chi connectivity index (χ1) is 9.79. The lowest BCUT2D eigenvalue weighted by atomic mass is 10.1. The van der Waals surface area contributed by atoms with E-state index in [0.29, 0.717) is 12.6 Å². The van der Waals surface area contributed by atoms with Gasteiger partial charge in [-0.1, -0.05) is 13.8 Å². The van der Waals surface area contributed by atoms with Crippen molar-refractivity contribution in [3.8, 4) is 0 Å². The number of quaternary nitrogens is 1. The van der Waals surface area contributed by atoms with Crippen LogP contribution in [0.3, 0.4) is 0 Å². The second-order valence-electron chi connectivity index (χ2n) is 5.17. The van der Waals surface area contributed by atoms with Gasteiger partial charge in [-0.3, -0.25) is 4.79 Å². The van der Waals surface area contributed by atoms with E-state index in [1.165, 1.54) is 5.32 Å². The third-order valence-corrected chi connectivity index (χ3v) is 2.81. The van der Waals surface area contributed by atoms with Crippen molar-refractivity contribution in [2.75, 3.05) is 11.9 Å². The first kappa shape index (κ1) is 17.0. The molecule has 3 N–H and O–H groups in total. The Hall–Kier alpha value is -2.02. The molecule has 0 saturated heterocycles. The highest BCUT2D eigenvalue weighted by Crippen LogP contribution is 2.15. The number of nitrogens with two attached hydrogens (primary N) is 1. The third-order valence-electron chi connectivity index (χ3n) is 2.81. The van der Waals surface area contributed by atoms with Crippen LogP contribution in [-0.2, 0) is 9.59 Å². The average molecular weight is 300 g/mol. The van der Waals surface area contributed by atoms with E-state index in [1.54, 1.807) is 0 Å². The summed E-state index contributed by atoms with van der Waals surface area (Å²) in [5.74, 6) is -3.45. The number of hydrogen-bond acceptors (Lipinski definition) is 3. The largest absolute Gasteiger partial charge is 0.544 e. The molecule has 21 heavy (non-hydrogen) atoms. The summed E-state index contributed by atoms with van der Waals surface area (Å²) in [6, 6.07) is 1.67. The monoisotopic (exact) mass is 300 g/mol. The number of halogens is 2. The van der Waals surface area contributed by atoms with E-state index < -0.39 is 29.6 Å². The maximum absolute atomic E-state index is 13.4. The molecular formula is C14H18F2N2O3. The van der Waals surface area contributed by atoms with Crippen LogP contribution in [0.5, 0.6) is 0 Å². The van der Waals surface area contributed by atoms with Crippen molar-refractivity contribution in [2.45, 2.75) is 26.3 Å². The minimum atomic E-state index is -1.36. The SMILES string of the molecule is CC(C)C[NH2+][C@H](CC(=O)Nc1ccc(F)cc1F)C(=O)[O-]. The molecule has 1 aromatic rings. The predicted molar refractivity (Wildman–Crippen MR) is 70.0 cm³/mol. The molecular weight excluding hydrogens is 282 g/mol. The maximum Gasteiger partial charge on any atom is 0.230 e. The lowest BCUT2D eigenvalue weighted by molar-refractivity contribution is -0.686. The summed E-state index contributed by atoms with van der Waals surface area (Å²) in [6.45, 7) is 4.35. The molecule has 0 spiro atoms. The van der Waals surface area contributed by atoms with Crippen LogP contribution in [0.25, 0.3) is 0 Å². The number of hydrogen-bond donors (Lipinski definition) is 2. The molecule has 0 fully saturated rings. The summed E-state index contributed by atoms with van der Waals surface area (Å²) < 4.78 is 26.1. The molecule has 1 amide bonds. The third kappa shape index (κ3) is 5.86. The Kier molecular flexibility index (Phi) is 6.23. The molecule has 1 rings (SSSR count). The number of nitrogens with one attached hydrogen (secondary N) is 1. The zero-order valence-corrected chi connectivity index (χ0v) is 11.9. The Balaban J connectivity index is 2.63. The number of amides is 1. The molecule has 0 aromatic heterocycles. The number of aliphatic carboxylic acids is 1. The predicted octanol–water partition coefficient (Wildman–Crippen LogP) is -0.369. The molecule has 116 valence electrons. The Morgan fingerprint density at radius 1 is 1.33 bits per heavy atom. The Bertz CT molecular complexity index is 521. The van der Waals surface area contributed by atoms with Gasteiger partial charge in [0.2, 0.25) is 5.91 Å². The van der Waals surface area contributed by atoms with Gasteiger partial charge in [-0.15, -0.1) is 0 Å². The highest BCUT2D eigenvalue weighted by atomic mass is 19.1. The van der Waals surface area contributed by atoms with E-state index in [0.717, 1.165) is 12.1 Å². The summed E-state index contributed by atoms with van der Waals surface area (Å²) in [7, 11) is 0. The van der Waals surface area contributed by atoms with Crippen molar-refractivity contribution in [1.29, 1.82) is 0 Å². The normalized spacial score (nSPS) is 12.2. The summed E-state index contributed by atoms with van der Waals surface area (Å²) in [6.07, 6.45) is -0.355. The van der Waals surface area contributed by atoms with E-state index in [4.69, 9.17) is 0 Å². The number of benzene rings is 1. The van der Waals surface area contributed by atoms with Crippen molar-refractivity contribution in [3.63, 3.8) is 0 Å². The van der Waals surface area contributed by atoms with Gasteiger partial charge < -0.3 is 20.5 Å². The molecule has 0 aliphatic carbocycles. The van der Waals surface area contributed by atoms with Gasteiger partial charge in [0, 0.05) is 12.0 Å². The van der Waals surface area contributed by atoms with Crippen LogP contribution in [0.4, 0.5) is 14.5 Å². The molecule has 5 nitrogen and oxygen atoms in total. The van der Waals surface area contributed by atoms with Crippen LogP contribution >= 0.6 is 0 Å². The smallest absolute Gasteiger partial charge is 0.230 e. The van der Waals surface area contributed by atoms with Crippen molar-refractivity contribution >= 4 is 17.6 Å². The van der Waals surface area contributed by atoms with Crippen molar-refractivity contribution in [1.82, 2.24) is 0 Å². The van der Waals surface area contributed by atoms with Gasteiger partial charge in [0.25, 0.3) is 0 Å². The molecule has 0 heterocycles. The van der Waals surface area contributed by atoms with Crippen LogP contribution in [0.1, 0.15) is 20.3 Å². The fraction of sp³-hybridized carbons (Fsp3) is 0.429. The molecule has 0 radical (unpaired) electrons. The van der Waals surface area contributed by atoms with Crippen molar-refractivity contribution < 1.29 is 28.8 Å². The fourth-order valence-electron chi connectivity index (χ4n) is 1.69. The van der Waals surface area contributed by atoms with E-state index in [-0.39, 0.29) is 18.0 Å². The van der Waals surface area contributed by atoms with Crippen LogP contribution in [0, 0.1) is 17.6 Å². The van der Waals surface area contributed by atoms with Crippen molar-refractivity contribution in [3.05, 3.63) is 29.8 Å². The summed E-state index contributed by atoms with van der Waals surface area (Å²) >= 11 is 0. The summed E-state index contributed by atoms with van der Waals surface area (Å²) in [4.78, 5) is 22.7. The highest BCUT2D eigenvalue weighted by molar-refractivity contribution is 5.93. The molecule has 0 aliphatic heterocycles. The lowest BCUT2D eigenvalue weighted by Gasteiger charge is -2.17. The Labute approximate surface area is 121 Å². The Morgan fingerprint density at radius 2 is 2.00 bits per heavy atom. The van der Waals surface area contributed by atoms with E-state index in [1.807, 2.05) is 13.8 Å². The zero-order chi connectivity index (χ0) is 16.0. The number of carboxylic acids is 1. The minimum absolute atomic E-state index is 0.192. The first-order valence-electron chi connectivity index (χ1n) is 6.58. The zero-order valence-electron chi connectivity index (χ0n) is 11.9. The fourth-order valence-corrected chi connectivity index (χ4v) is 1.69. The van der Waals surface area contributed by atoms with E-state index >= 15 is 0 Å². The number of carbonyl (C=O) groups is 2. The first-order valence-corrected chi connectivity index (χ1v) is 6.58. The van der Waals surface area contributed by atoms with E-state index in [2.05, 4.69) is 5.32 Å². The van der Waals surface area contributed by atoms with Gasteiger partial charge >= 0.3 is 0 Å². The second-order valence-corrected chi connectivity index (χ2v) is 5.17. The quantitative estimate of drug-likeness (QED) is 0.720. The van der Waals surface area contributed by atoms with E-state index in [9.17, 15) is 23.5 Å². The van der Waals surface area contributed by atoms with Gasteiger partial charge in [0.1, 0.15) is 17.7 Å². The number of rotatable bonds is 7. The van der Waals surface area contributed by atoms with Gasteiger partial charge in [0.15, 0.2) is 0 Å². The lowest BCUT2D eigenvalue weighted by Crippen LogP contribution is -2.94. The standard InChI is InChI=1S/C14H18F2N2O3/c1-8(2)7-17-12(14(20)21)6-13(19)18-11-4-3-9(15)5-10(11)16/h3-5,8,12,17H,6-7H2,1-2H3,(H,18,19)(H,20,21)/t12-/m1/s1. The minimum Gasteiger partial charge on any atom is -0.544 e. The average Bonchev–Trinajstić information content (AvgIpc) is 2.37. The number of carboxylic acid groups (broad SMARTS) is 1. The maximum atomic E-state index is 13.4. The molecule has 0 bridgehead atoms. The summed E-state index contributed by atoms with van der Waals surface area (Å²) in [5.41, 5.74) is -0.192. The van der Waals surface area contributed by atoms with Gasteiger partial charge in [0.05, 0.1) is 24.6 Å². The molecule has 7 heteroatoms. The highest BCUT2D eigenvalue weighted by Gasteiger charge is 2.19. The number of anilines is 1. The topological polar surface area (TPSA) is 85.8 Å². The van der Waals surface area contributed by atoms with Crippen LogP contribution in [0.2, 0.25) is 0 Å².